The summed E-state index contributed by atoms with van der Waals surface area (Å²) in [6, 6.07) is 3.67. The topological polar surface area (TPSA) is 78.6 Å². The molecule has 1 aliphatic carbocycles. The predicted octanol–water partition coefficient (Wildman–Crippen LogP) is 1.28. The van der Waals surface area contributed by atoms with Crippen LogP contribution < -0.4 is 15.8 Å². The molecule has 3 rings (SSSR count). The maximum Gasteiger partial charge on any atom is 0.239 e. The molecule has 6 heteroatoms. The lowest BCUT2D eigenvalue weighted by molar-refractivity contribution is -0.0819. The Bertz CT molecular complexity index is 445. The van der Waals surface area contributed by atoms with Gasteiger partial charge in [0.05, 0.1) is 38.2 Å². The number of aromatic nitrogens is 1. The van der Waals surface area contributed by atoms with E-state index < -0.39 is 0 Å². The van der Waals surface area contributed by atoms with Crippen LogP contribution in [-0.4, -0.2) is 44.1 Å². The lowest BCUT2D eigenvalue weighted by Crippen LogP contribution is -2.34. The van der Waals surface area contributed by atoms with Gasteiger partial charge in [-0.2, -0.15) is 4.98 Å². The summed E-state index contributed by atoms with van der Waals surface area (Å²) < 4.78 is 16.6. The van der Waals surface area contributed by atoms with E-state index in [1.54, 1.807) is 0 Å². The molecular formula is C14H21N3O3. The molecule has 1 aromatic rings. The number of hydrogen-bond acceptors (Lipinski definition) is 6. The number of hydrogen-bond donors (Lipinski definition) is 2. The fourth-order valence-corrected chi connectivity index (χ4v) is 2.02. The number of pyridine rings is 1. The third-order valence-corrected chi connectivity index (χ3v) is 3.44. The van der Waals surface area contributed by atoms with Crippen LogP contribution in [0.3, 0.4) is 0 Å². The summed E-state index contributed by atoms with van der Waals surface area (Å²) in [6.45, 7) is 3.32. The molecule has 0 radical (unpaired) electrons. The van der Waals surface area contributed by atoms with E-state index in [1.165, 1.54) is 12.8 Å². The van der Waals surface area contributed by atoms with Crippen molar-refractivity contribution in [2.45, 2.75) is 18.9 Å². The molecule has 0 amide bonds. The average Bonchev–Trinajstić information content (AvgIpc) is 3.30. The Morgan fingerprint density at radius 3 is 3.00 bits per heavy atom. The molecule has 1 unspecified atom stereocenters. The molecule has 110 valence electrons. The molecule has 1 aliphatic heterocycles. The van der Waals surface area contributed by atoms with Gasteiger partial charge in [-0.3, -0.25) is 0 Å². The minimum absolute atomic E-state index is 0.0685. The van der Waals surface area contributed by atoms with Crippen LogP contribution in [0.1, 0.15) is 12.8 Å². The Morgan fingerprint density at radius 2 is 2.25 bits per heavy atom. The number of rotatable bonds is 6. The van der Waals surface area contributed by atoms with Gasteiger partial charge in [0.1, 0.15) is 5.82 Å². The highest BCUT2D eigenvalue weighted by Gasteiger charge is 2.22. The second-order valence-corrected chi connectivity index (χ2v) is 5.29. The molecule has 2 aliphatic rings. The molecule has 3 N–H and O–H groups in total. The zero-order valence-electron chi connectivity index (χ0n) is 11.5. The number of ether oxygens (including phenoxy) is 3. The summed E-state index contributed by atoms with van der Waals surface area (Å²) in [5, 5.41) is 3.23. The van der Waals surface area contributed by atoms with Crippen molar-refractivity contribution in [2.75, 3.05) is 44.0 Å². The standard InChI is InChI=1S/C14H21N3O3/c15-12-3-4-13(16-7-11-9-18-5-6-19-11)17-14(12)20-8-10-1-2-10/h3-4,10-11H,1-2,5-9,15H2,(H,16,17). The van der Waals surface area contributed by atoms with E-state index in [4.69, 9.17) is 19.9 Å². The number of anilines is 2. The molecule has 2 heterocycles. The summed E-state index contributed by atoms with van der Waals surface area (Å²) in [5.74, 6) is 1.95. The first-order chi connectivity index (χ1) is 9.81. The predicted molar refractivity (Wildman–Crippen MR) is 75.9 cm³/mol. The van der Waals surface area contributed by atoms with E-state index in [0.29, 0.717) is 50.5 Å². The number of nitrogens with zero attached hydrogens (tertiary/aromatic N) is 1. The van der Waals surface area contributed by atoms with Gasteiger partial charge in [-0.1, -0.05) is 0 Å². The van der Waals surface area contributed by atoms with Gasteiger partial charge in [-0.25, -0.2) is 0 Å². The van der Waals surface area contributed by atoms with Gasteiger partial charge in [0.25, 0.3) is 0 Å². The van der Waals surface area contributed by atoms with Crippen molar-refractivity contribution >= 4 is 11.5 Å². The normalized spacial score (nSPS) is 22.5. The van der Waals surface area contributed by atoms with Gasteiger partial charge in [-0.05, 0) is 30.9 Å². The molecule has 1 saturated heterocycles. The number of nitrogens with two attached hydrogens (primary N) is 1. The zero-order chi connectivity index (χ0) is 13.8. The smallest absolute Gasteiger partial charge is 0.239 e. The van der Waals surface area contributed by atoms with Crippen LogP contribution in [0.5, 0.6) is 5.88 Å². The Balaban J connectivity index is 1.53. The molecule has 0 aromatic carbocycles. The molecule has 1 aromatic heterocycles. The first-order valence-electron chi connectivity index (χ1n) is 7.14. The average molecular weight is 279 g/mol. The van der Waals surface area contributed by atoms with E-state index in [2.05, 4.69) is 10.3 Å². The van der Waals surface area contributed by atoms with Crippen molar-refractivity contribution in [3.63, 3.8) is 0 Å². The third kappa shape index (κ3) is 3.74. The summed E-state index contributed by atoms with van der Waals surface area (Å²) >= 11 is 0. The summed E-state index contributed by atoms with van der Waals surface area (Å²) in [6.07, 6.45) is 2.56. The van der Waals surface area contributed by atoms with Crippen molar-refractivity contribution in [3.05, 3.63) is 12.1 Å². The minimum atomic E-state index is 0.0685. The van der Waals surface area contributed by atoms with Crippen LogP contribution in [0.15, 0.2) is 12.1 Å². The van der Waals surface area contributed by atoms with Crippen LogP contribution in [0.25, 0.3) is 0 Å². The maximum atomic E-state index is 5.88. The highest BCUT2D eigenvalue weighted by atomic mass is 16.6. The molecule has 0 spiro atoms. The molecule has 0 bridgehead atoms. The van der Waals surface area contributed by atoms with Crippen LogP contribution >= 0.6 is 0 Å². The van der Waals surface area contributed by atoms with Crippen molar-refractivity contribution < 1.29 is 14.2 Å². The van der Waals surface area contributed by atoms with Gasteiger partial charge in [0.15, 0.2) is 0 Å². The largest absolute Gasteiger partial charge is 0.476 e. The molecular weight excluding hydrogens is 258 g/mol. The second kappa shape index (κ2) is 6.28. The molecule has 6 nitrogen and oxygen atoms in total. The van der Waals surface area contributed by atoms with Gasteiger partial charge in [0.2, 0.25) is 5.88 Å². The van der Waals surface area contributed by atoms with Crippen LogP contribution in [-0.2, 0) is 9.47 Å². The zero-order valence-corrected chi connectivity index (χ0v) is 11.5. The number of nitrogens with one attached hydrogen (secondary N) is 1. The van der Waals surface area contributed by atoms with E-state index >= 15 is 0 Å². The van der Waals surface area contributed by atoms with E-state index in [1.807, 2.05) is 12.1 Å². The third-order valence-electron chi connectivity index (χ3n) is 3.44. The van der Waals surface area contributed by atoms with E-state index in [9.17, 15) is 0 Å². The second-order valence-electron chi connectivity index (χ2n) is 5.29. The lowest BCUT2D eigenvalue weighted by atomic mass is 10.3. The van der Waals surface area contributed by atoms with Crippen molar-refractivity contribution in [1.82, 2.24) is 4.98 Å². The highest BCUT2D eigenvalue weighted by molar-refractivity contribution is 5.53. The van der Waals surface area contributed by atoms with Crippen LogP contribution in [0, 0.1) is 5.92 Å². The van der Waals surface area contributed by atoms with Crippen LogP contribution in [0.2, 0.25) is 0 Å². The Hall–Kier alpha value is -1.53. The molecule has 1 saturated carbocycles. The monoisotopic (exact) mass is 279 g/mol. The Labute approximate surface area is 118 Å². The molecule has 2 fully saturated rings. The summed E-state index contributed by atoms with van der Waals surface area (Å²) in [7, 11) is 0. The van der Waals surface area contributed by atoms with Crippen molar-refractivity contribution in [3.8, 4) is 5.88 Å². The fourth-order valence-electron chi connectivity index (χ4n) is 2.02. The van der Waals surface area contributed by atoms with Gasteiger partial charge >= 0.3 is 0 Å². The first-order valence-corrected chi connectivity index (χ1v) is 7.14. The van der Waals surface area contributed by atoms with Gasteiger partial charge < -0.3 is 25.3 Å². The highest BCUT2D eigenvalue weighted by Crippen LogP contribution is 2.30. The Morgan fingerprint density at radius 1 is 1.35 bits per heavy atom. The summed E-state index contributed by atoms with van der Waals surface area (Å²) in [5.41, 5.74) is 6.45. The maximum absolute atomic E-state index is 5.88. The van der Waals surface area contributed by atoms with Crippen molar-refractivity contribution in [2.24, 2.45) is 5.92 Å². The number of nitrogen functional groups attached to an aromatic ring is 1. The summed E-state index contributed by atoms with van der Waals surface area (Å²) in [4.78, 5) is 4.40. The van der Waals surface area contributed by atoms with E-state index in [-0.39, 0.29) is 6.10 Å². The molecule has 1 atom stereocenters. The minimum Gasteiger partial charge on any atom is -0.476 e. The van der Waals surface area contributed by atoms with E-state index in [0.717, 1.165) is 5.82 Å². The van der Waals surface area contributed by atoms with Gasteiger partial charge in [-0.15, -0.1) is 0 Å². The quantitative estimate of drug-likeness (QED) is 0.816. The fraction of sp³-hybridized carbons (Fsp3) is 0.643. The Kier molecular flexibility index (Phi) is 4.22. The van der Waals surface area contributed by atoms with Crippen molar-refractivity contribution in [1.29, 1.82) is 0 Å². The lowest BCUT2D eigenvalue weighted by Gasteiger charge is -2.23. The SMILES string of the molecule is Nc1ccc(NCC2COCCO2)nc1OCC1CC1. The first kappa shape index (κ1) is 13.5. The van der Waals surface area contributed by atoms with Gasteiger partial charge in [0, 0.05) is 6.54 Å². The van der Waals surface area contributed by atoms with Crippen LogP contribution in [0.4, 0.5) is 11.5 Å². The molecule has 20 heavy (non-hydrogen) atoms.